The summed E-state index contributed by atoms with van der Waals surface area (Å²) in [6.45, 7) is -1.22. The standard InChI is InChI=1S/C39H32ClF10N7O5S2.ClH/c1-36(2,63(3,59)60)10-9-21-5-6-22(23-7-8-27(40)30-32(23)57(17-37(43,44)45)54-35(30)55-64(4,61)62)31(52-21)25(18-11-19(41)13-20(42)12-18)15-51-28(58)16-56-34-29(33(53-56)39(48,49)50)24-14-26(24)38(34,46)47;/h5-8,11-13,24-26H,14-17H2,1-4H3,(H,51,58)(H,54,55);1H/t24-,25+,26+;/m0./s1. The lowest BCUT2D eigenvalue weighted by Crippen LogP contribution is -2.34. The average Bonchev–Trinajstić information content (AvgIpc) is 3.66. The molecule has 65 heavy (non-hydrogen) atoms. The summed E-state index contributed by atoms with van der Waals surface area (Å²) in [6.07, 6.45) is -8.73. The van der Waals surface area contributed by atoms with Crippen LogP contribution in [0.1, 0.15) is 66.0 Å². The molecule has 0 saturated heterocycles. The van der Waals surface area contributed by atoms with Gasteiger partial charge in [0.1, 0.15) is 40.9 Å². The number of nitrogens with one attached hydrogen (secondary N) is 2. The van der Waals surface area contributed by atoms with Crippen molar-refractivity contribution in [3.8, 4) is 23.0 Å². The minimum Gasteiger partial charge on any atom is -0.353 e. The Kier molecular flexibility index (Phi) is 12.6. The SMILES string of the molecule is CC(C)(C#Cc1ccc(-c2ccc(Cl)c3c(NS(C)(=O)=O)nn(CC(F)(F)F)c23)c([C@H](CNC(=O)Cn2nc(C(F)(F)F)c3c2C(F)(F)[C@@H]2C[C@H]32)c2cc(F)cc(F)c2)n1)S(C)(=O)=O.Cl. The molecule has 0 aliphatic heterocycles. The number of nitrogens with zero attached hydrogens (tertiary/aromatic N) is 5. The third-order valence-corrected chi connectivity index (χ3v) is 13.5. The van der Waals surface area contributed by atoms with Crippen molar-refractivity contribution in [2.24, 2.45) is 5.92 Å². The minimum absolute atomic E-state index is 0. The van der Waals surface area contributed by atoms with Gasteiger partial charge in [0.05, 0.1) is 27.9 Å². The number of benzene rings is 2. The van der Waals surface area contributed by atoms with E-state index >= 15 is 17.6 Å². The van der Waals surface area contributed by atoms with Crippen LogP contribution >= 0.6 is 24.0 Å². The quantitative estimate of drug-likeness (QED) is 0.0998. The molecular formula is C39H33Cl2F10N7O5S2. The molecule has 0 spiro atoms. The molecule has 2 aliphatic carbocycles. The van der Waals surface area contributed by atoms with Crippen molar-refractivity contribution < 1.29 is 65.5 Å². The van der Waals surface area contributed by atoms with Gasteiger partial charge in [0.15, 0.2) is 21.3 Å². The van der Waals surface area contributed by atoms with E-state index in [9.17, 15) is 48.0 Å². The highest BCUT2D eigenvalue weighted by atomic mass is 35.5. The summed E-state index contributed by atoms with van der Waals surface area (Å²) in [4.78, 5) is 18.1. The van der Waals surface area contributed by atoms with Crippen LogP contribution in [0.25, 0.3) is 22.0 Å². The fourth-order valence-electron chi connectivity index (χ4n) is 7.52. The van der Waals surface area contributed by atoms with E-state index in [-0.39, 0.29) is 62.0 Å². The molecule has 12 nitrogen and oxygen atoms in total. The van der Waals surface area contributed by atoms with Crippen LogP contribution in [-0.2, 0) is 49.8 Å². The monoisotopic (exact) mass is 1000 g/mol. The van der Waals surface area contributed by atoms with Gasteiger partial charge in [0.2, 0.25) is 15.9 Å². The summed E-state index contributed by atoms with van der Waals surface area (Å²) in [5, 5.41) is 8.93. The molecule has 1 fully saturated rings. The first-order valence-corrected chi connectivity index (χ1v) is 22.8. The Bertz CT molecular complexity index is 3030. The molecule has 7 rings (SSSR count). The van der Waals surface area contributed by atoms with Gasteiger partial charge >= 0.3 is 12.4 Å². The highest BCUT2D eigenvalue weighted by Crippen LogP contribution is 2.68. The molecule has 350 valence electrons. The molecule has 2 aromatic carbocycles. The fraction of sp³-hybridized carbons (Fsp3) is 0.385. The largest absolute Gasteiger partial charge is 0.435 e. The number of hydrogen-bond acceptors (Lipinski definition) is 8. The van der Waals surface area contributed by atoms with Crippen LogP contribution in [0.5, 0.6) is 0 Å². The van der Waals surface area contributed by atoms with E-state index in [4.69, 9.17) is 11.6 Å². The summed E-state index contributed by atoms with van der Waals surface area (Å²) in [5.74, 6) is -6.89. The molecule has 0 bridgehead atoms. The molecule has 3 atom stereocenters. The van der Waals surface area contributed by atoms with E-state index in [1.54, 1.807) is 0 Å². The number of fused-ring (bicyclic) bond motifs is 4. The van der Waals surface area contributed by atoms with Gasteiger partial charge in [-0.2, -0.15) is 45.3 Å². The van der Waals surface area contributed by atoms with Crippen molar-refractivity contribution in [1.82, 2.24) is 29.9 Å². The normalized spacial score (nSPS) is 17.4. The number of alkyl halides is 8. The zero-order valence-corrected chi connectivity index (χ0v) is 37.0. The smallest absolute Gasteiger partial charge is 0.353 e. The number of carbonyl (C=O) groups is 1. The van der Waals surface area contributed by atoms with Crippen LogP contribution < -0.4 is 10.0 Å². The summed E-state index contributed by atoms with van der Waals surface area (Å²) in [7, 11) is -8.04. The van der Waals surface area contributed by atoms with Crippen molar-refractivity contribution >= 4 is 66.5 Å². The van der Waals surface area contributed by atoms with Gasteiger partial charge in [0.25, 0.3) is 5.92 Å². The Morgan fingerprint density at radius 1 is 0.954 bits per heavy atom. The molecule has 2 aliphatic rings. The maximum Gasteiger partial charge on any atom is 0.435 e. The van der Waals surface area contributed by atoms with Crippen molar-refractivity contribution in [3.05, 3.63) is 93.0 Å². The third kappa shape index (κ3) is 9.88. The zero-order valence-electron chi connectivity index (χ0n) is 33.8. The minimum atomic E-state index is -5.15. The summed E-state index contributed by atoms with van der Waals surface area (Å²) in [6, 6.07) is 6.92. The van der Waals surface area contributed by atoms with Gasteiger partial charge in [-0.3, -0.25) is 18.9 Å². The van der Waals surface area contributed by atoms with Crippen molar-refractivity contribution in [2.45, 2.75) is 68.2 Å². The Labute approximate surface area is 374 Å². The second-order valence-electron chi connectivity index (χ2n) is 15.9. The zero-order chi connectivity index (χ0) is 47.3. The van der Waals surface area contributed by atoms with Gasteiger partial charge < -0.3 is 5.32 Å². The number of halogens is 12. The van der Waals surface area contributed by atoms with E-state index in [2.05, 4.69) is 32.3 Å². The number of sulfonamides is 1. The Morgan fingerprint density at radius 2 is 1.58 bits per heavy atom. The highest BCUT2D eigenvalue weighted by Gasteiger charge is 2.68. The van der Waals surface area contributed by atoms with Gasteiger partial charge in [-0.1, -0.05) is 23.6 Å². The summed E-state index contributed by atoms with van der Waals surface area (Å²) >= 11 is 6.46. The van der Waals surface area contributed by atoms with Crippen molar-refractivity contribution in [3.63, 3.8) is 0 Å². The van der Waals surface area contributed by atoms with Crippen LogP contribution in [0.4, 0.5) is 49.7 Å². The van der Waals surface area contributed by atoms with E-state index in [1.165, 1.54) is 38.1 Å². The van der Waals surface area contributed by atoms with Crippen LogP contribution in [0.3, 0.4) is 0 Å². The second kappa shape index (κ2) is 16.6. The van der Waals surface area contributed by atoms with E-state index in [0.717, 1.165) is 18.4 Å². The second-order valence-corrected chi connectivity index (χ2v) is 20.6. The molecule has 1 saturated carbocycles. The number of rotatable bonds is 11. The van der Waals surface area contributed by atoms with Crippen molar-refractivity contribution in [1.29, 1.82) is 0 Å². The van der Waals surface area contributed by atoms with Crippen LogP contribution in [-0.4, -0.2) is 77.3 Å². The number of anilines is 1. The maximum absolute atomic E-state index is 15.3. The fourth-order valence-corrected chi connectivity index (χ4v) is 8.50. The van der Waals surface area contributed by atoms with E-state index < -0.39 is 126 Å². The topological polar surface area (TPSA) is 158 Å². The summed E-state index contributed by atoms with van der Waals surface area (Å²) < 4.78 is 195. The van der Waals surface area contributed by atoms with Crippen LogP contribution in [0.15, 0.2) is 42.5 Å². The molecule has 5 aromatic rings. The van der Waals surface area contributed by atoms with Gasteiger partial charge in [0, 0.05) is 47.4 Å². The number of hydrogen-bond donors (Lipinski definition) is 2. The van der Waals surface area contributed by atoms with Crippen LogP contribution in [0.2, 0.25) is 5.02 Å². The van der Waals surface area contributed by atoms with E-state index in [0.29, 0.717) is 17.0 Å². The number of sulfone groups is 1. The maximum atomic E-state index is 15.3. The highest BCUT2D eigenvalue weighted by molar-refractivity contribution is 7.92. The van der Waals surface area contributed by atoms with Crippen molar-refractivity contribution in [2.75, 3.05) is 23.8 Å². The molecule has 26 heteroatoms. The molecule has 0 unspecified atom stereocenters. The molecular weight excluding hydrogens is 971 g/mol. The van der Waals surface area contributed by atoms with Gasteiger partial charge in [-0.05, 0) is 68.0 Å². The number of aromatic nitrogens is 5. The van der Waals surface area contributed by atoms with E-state index in [1.807, 2.05) is 4.72 Å². The molecule has 1 amide bonds. The number of carbonyl (C=O) groups excluding carboxylic acids is 1. The predicted octanol–water partition coefficient (Wildman–Crippen LogP) is 7.93. The molecule has 3 heterocycles. The first kappa shape index (κ1) is 49.3. The number of amides is 1. The predicted molar refractivity (Wildman–Crippen MR) is 219 cm³/mol. The Balaban J connectivity index is 0.00000700. The molecule has 0 radical (unpaired) electrons. The molecule has 2 N–H and O–H groups in total. The summed E-state index contributed by atoms with van der Waals surface area (Å²) in [5.41, 5.74) is -5.01. The lowest BCUT2D eigenvalue weighted by Gasteiger charge is -2.23. The Hall–Kier alpha value is -5.12. The molecule has 3 aromatic heterocycles. The first-order chi connectivity index (χ1) is 29.4. The number of pyridine rings is 1. The Morgan fingerprint density at radius 3 is 2.17 bits per heavy atom. The third-order valence-electron chi connectivity index (χ3n) is 10.7. The van der Waals surface area contributed by atoms with Gasteiger partial charge in [-0.15, -0.1) is 12.4 Å². The van der Waals surface area contributed by atoms with Crippen LogP contribution in [0, 0.1) is 29.4 Å². The van der Waals surface area contributed by atoms with Gasteiger partial charge in [-0.25, -0.2) is 30.6 Å². The average molecular weight is 1000 g/mol. The first-order valence-electron chi connectivity index (χ1n) is 18.6. The lowest BCUT2D eigenvalue weighted by atomic mass is 9.88. The lowest BCUT2D eigenvalue weighted by molar-refractivity contribution is -0.142.